The first-order valence-electron chi connectivity index (χ1n) is 18.5. The van der Waals surface area contributed by atoms with Crippen molar-refractivity contribution < 1.29 is 0 Å². The molecule has 2 aromatic heterocycles. The van der Waals surface area contributed by atoms with Crippen LogP contribution in [0.3, 0.4) is 0 Å². The average Bonchev–Trinajstić information content (AvgIpc) is 3.79. The summed E-state index contributed by atoms with van der Waals surface area (Å²) in [6, 6.07) is 67.8. The zero-order valence-electron chi connectivity index (χ0n) is 29.1. The van der Waals surface area contributed by atoms with E-state index in [0.29, 0.717) is 0 Å². The molecule has 12 rings (SSSR count). The lowest BCUT2D eigenvalue weighted by Gasteiger charge is -2.18. The Morgan fingerprint density at radius 2 is 0.815 bits per heavy atom. The number of thiophene rings is 2. The van der Waals surface area contributed by atoms with Gasteiger partial charge in [0.05, 0.1) is 0 Å². The van der Waals surface area contributed by atoms with E-state index in [0.717, 1.165) is 0 Å². The van der Waals surface area contributed by atoms with Crippen LogP contribution in [-0.2, 0) is 0 Å². The van der Waals surface area contributed by atoms with Crippen molar-refractivity contribution in [3.8, 4) is 33.4 Å². The molecule has 0 aliphatic heterocycles. The van der Waals surface area contributed by atoms with Gasteiger partial charge >= 0.3 is 0 Å². The van der Waals surface area contributed by atoms with Crippen LogP contribution in [0.4, 0.5) is 0 Å². The van der Waals surface area contributed by atoms with E-state index in [4.69, 9.17) is 0 Å². The molecular weight excluding hydrogens is 689 g/mol. The van der Waals surface area contributed by atoms with Crippen LogP contribution in [0.1, 0.15) is 0 Å². The third-order valence-corrected chi connectivity index (χ3v) is 13.8. The average molecular weight is 719 g/mol. The van der Waals surface area contributed by atoms with Crippen molar-refractivity contribution in [1.82, 2.24) is 0 Å². The Morgan fingerprint density at radius 3 is 1.52 bits per heavy atom. The molecule has 0 radical (unpaired) electrons. The third kappa shape index (κ3) is 4.42. The number of hydrogen-bond acceptors (Lipinski definition) is 2. The molecule has 12 aromatic rings. The second kappa shape index (κ2) is 11.6. The van der Waals surface area contributed by atoms with Crippen molar-refractivity contribution in [2.75, 3.05) is 0 Å². The molecule has 0 bridgehead atoms. The molecule has 0 unspecified atom stereocenters. The normalized spacial score (nSPS) is 12.1. The van der Waals surface area contributed by atoms with E-state index in [1.165, 1.54) is 117 Å². The SMILES string of the molecule is c1cc(-c2c3ccccc3c(-c3ccc4ccccc4c3)c3ccccc23)cc(-c2cc3c4ccccc4sc3c3c2sc2cc4ccccc4cc23)c1. The van der Waals surface area contributed by atoms with Crippen LogP contribution in [0.2, 0.25) is 0 Å². The molecule has 0 atom stereocenters. The maximum Gasteiger partial charge on any atom is 0.0449 e. The summed E-state index contributed by atoms with van der Waals surface area (Å²) in [4.78, 5) is 0. The number of hydrogen-bond donors (Lipinski definition) is 0. The van der Waals surface area contributed by atoms with Crippen LogP contribution in [0, 0.1) is 0 Å². The van der Waals surface area contributed by atoms with E-state index in [-0.39, 0.29) is 0 Å². The molecule has 0 N–H and O–H groups in total. The van der Waals surface area contributed by atoms with Gasteiger partial charge in [0.1, 0.15) is 0 Å². The summed E-state index contributed by atoms with van der Waals surface area (Å²) in [5, 5.41) is 15.6. The third-order valence-electron chi connectivity index (χ3n) is 11.4. The molecule has 54 heavy (non-hydrogen) atoms. The van der Waals surface area contributed by atoms with Gasteiger partial charge in [-0.05, 0) is 107 Å². The molecule has 0 nitrogen and oxygen atoms in total. The highest BCUT2D eigenvalue weighted by atomic mass is 32.1. The van der Waals surface area contributed by atoms with Gasteiger partial charge in [0.2, 0.25) is 0 Å². The van der Waals surface area contributed by atoms with Gasteiger partial charge < -0.3 is 0 Å². The Bertz CT molecular complexity index is 3450. The number of fused-ring (bicyclic) bond motifs is 11. The minimum atomic E-state index is 1.24. The summed E-state index contributed by atoms with van der Waals surface area (Å²) in [5.74, 6) is 0. The maximum absolute atomic E-state index is 2.48. The fourth-order valence-electron chi connectivity index (χ4n) is 8.95. The zero-order valence-corrected chi connectivity index (χ0v) is 30.8. The van der Waals surface area contributed by atoms with Gasteiger partial charge in [0.25, 0.3) is 0 Å². The predicted molar refractivity (Wildman–Crippen MR) is 239 cm³/mol. The molecule has 0 saturated carbocycles. The van der Waals surface area contributed by atoms with E-state index in [1.807, 2.05) is 22.7 Å². The highest BCUT2D eigenvalue weighted by molar-refractivity contribution is 7.30. The molecule has 0 aliphatic rings. The molecule has 10 aromatic carbocycles. The summed E-state index contributed by atoms with van der Waals surface area (Å²) in [5.41, 5.74) is 7.61. The second-order valence-electron chi connectivity index (χ2n) is 14.4. The van der Waals surface area contributed by atoms with E-state index >= 15 is 0 Å². The molecule has 2 heteroatoms. The minimum Gasteiger partial charge on any atom is -0.134 e. The maximum atomic E-state index is 2.48. The van der Waals surface area contributed by atoms with Crippen molar-refractivity contribution in [3.63, 3.8) is 0 Å². The van der Waals surface area contributed by atoms with E-state index in [9.17, 15) is 0 Å². The number of benzene rings is 10. The van der Waals surface area contributed by atoms with Crippen LogP contribution in [0.25, 0.3) is 117 Å². The largest absolute Gasteiger partial charge is 0.134 e. The first-order valence-corrected chi connectivity index (χ1v) is 20.1. The van der Waals surface area contributed by atoms with E-state index in [2.05, 4.69) is 182 Å². The van der Waals surface area contributed by atoms with Gasteiger partial charge in [0, 0.05) is 45.9 Å². The van der Waals surface area contributed by atoms with Crippen molar-refractivity contribution in [3.05, 3.63) is 182 Å². The Kier molecular flexibility index (Phi) is 6.48. The first kappa shape index (κ1) is 30.2. The lowest BCUT2D eigenvalue weighted by atomic mass is 9.85. The summed E-state index contributed by atoms with van der Waals surface area (Å²) in [6.45, 7) is 0. The van der Waals surface area contributed by atoms with Crippen molar-refractivity contribution in [2.24, 2.45) is 0 Å². The molecule has 0 saturated heterocycles. The molecule has 0 amide bonds. The fraction of sp³-hybridized carbons (Fsp3) is 0. The zero-order chi connectivity index (χ0) is 35.3. The predicted octanol–water partition coefficient (Wildman–Crippen LogP) is 16.0. The van der Waals surface area contributed by atoms with Gasteiger partial charge in [0.15, 0.2) is 0 Å². The van der Waals surface area contributed by atoms with Crippen LogP contribution in [0.5, 0.6) is 0 Å². The van der Waals surface area contributed by atoms with Gasteiger partial charge in [-0.3, -0.25) is 0 Å². The Morgan fingerprint density at radius 1 is 0.278 bits per heavy atom. The monoisotopic (exact) mass is 718 g/mol. The second-order valence-corrected chi connectivity index (χ2v) is 16.5. The van der Waals surface area contributed by atoms with Gasteiger partial charge in [-0.1, -0.05) is 146 Å². The molecule has 0 fully saturated rings. The molecular formula is C52H30S2. The Labute approximate surface area is 319 Å². The van der Waals surface area contributed by atoms with Gasteiger partial charge in [-0.15, -0.1) is 22.7 Å². The molecule has 0 spiro atoms. The van der Waals surface area contributed by atoms with Crippen LogP contribution in [0.15, 0.2) is 182 Å². The summed E-state index contributed by atoms with van der Waals surface area (Å²) >= 11 is 3.87. The van der Waals surface area contributed by atoms with Crippen LogP contribution < -0.4 is 0 Å². The summed E-state index contributed by atoms with van der Waals surface area (Å²) in [6.07, 6.45) is 0. The van der Waals surface area contributed by atoms with Crippen molar-refractivity contribution >= 4 is 106 Å². The van der Waals surface area contributed by atoms with E-state index in [1.54, 1.807) is 0 Å². The highest BCUT2D eigenvalue weighted by Gasteiger charge is 2.21. The smallest absolute Gasteiger partial charge is 0.0449 e. The Balaban J connectivity index is 1.14. The quantitative estimate of drug-likeness (QED) is 0.160. The number of rotatable bonds is 3. The molecule has 2 heterocycles. The van der Waals surface area contributed by atoms with Crippen molar-refractivity contribution in [2.45, 2.75) is 0 Å². The lowest BCUT2D eigenvalue weighted by molar-refractivity contribution is 1.65. The first-order chi connectivity index (χ1) is 26.8. The minimum absolute atomic E-state index is 1.24. The van der Waals surface area contributed by atoms with E-state index < -0.39 is 0 Å². The van der Waals surface area contributed by atoms with Crippen LogP contribution >= 0.6 is 22.7 Å². The fourth-order valence-corrected chi connectivity index (χ4v) is 11.5. The van der Waals surface area contributed by atoms with Crippen molar-refractivity contribution in [1.29, 1.82) is 0 Å². The Hall–Kier alpha value is -6.32. The summed E-state index contributed by atoms with van der Waals surface area (Å²) in [7, 11) is 0. The standard InChI is InChI=1S/C52H30S2/c1-2-13-32-26-37(25-24-31(32)12-1)49-41-21-7-5-19-39(41)48(40-20-6-8-22-42(40)49)36-17-11-16-35(27-36)43-30-44-38-18-9-10-23-46(38)53-52(44)50-45-28-33-14-3-4-15-34(33)29-47(45)54-51(43)50/h1-30H. The molecule has 250 valence electrons. The lowest BCUT2D eigenvalue weighted by Crippen LogP contribution is -1.91. The molecule has 0 aliphatic carbocycles. The highest BCUT2D eigenvalue weighted by Crippen LogP contribution is 2.50. The summed E-state index contributed by atoms with van der Waals surface area (Å²) < 4.78 is 5.42. The van der Waals surface area contributed by atoms with Gasteiger partial charge in [-0.25, -0.2) is 0 Å². The van der Waals surface area contributed by atoms with Gasteiger partial charge in [-0.2, -0.15) is 0 Å². The van der Waals surface area contributed by atoms with Crippen LogP contribution in [-0.4, -0.2) is 0 Å². The topological polar surface area (TPSA) is 0 Å².